The molecule has 2 aliphatic rings. The number of ketones is 1. The van der Waals surface area contributed by atoms with Crippen LogP contribution in [0.25, 0.3) is 0 Å². The van der Waals surface area contributed by atoms with Gasteiger partial charge in [-0.3, -0.25) is 9.59 Å². The lowest BCUT2D eigenvalue weighted by molar-refractivity contribution is -0.132. The Morgan fingerprint density at radius 1 is 1.07 bits per heavy atom. The third-order valence-corrected chi connectivity index (χ3v) is 6.01. The molecule has 0 spiro atoms. The highest BCUT2D eigenvalue weighted by atomic mass is 35.5. The highest BCUT2D eigenvalue weighted by Gasteiger charge is 2.23. The van der Waals surface area contributed by atoms with Gasteiger partial charge in [-0.2, -0.15) is 0 Å². The normalized spacial score (nSPS) is 17.1. The monoisotopic (exact) mass is 392 g/mol. The summed E-state index contributed by atoms with van der Waals surface area (Å²) >= 11 is 0. The summed E-state index contributed by atoms with van der Waals surface area (Å²) in [6.07, 6.45) is 8.72. The van der Waals surface area contributed by atoms with Crippen LogP contribution in [0.1, 0.15) is 66.4 Å². The van der Waals surface area contributed by atoms with Gasteiger partial charge in [-0.1, -0.05) is 12.1 Å². The van der Waals surface area contributed by atoms with E-state index < -0.39 is 0 Å². The van der Waals surface area contributed by atoms with Gasteiger partial charge in [-0.15, -0.1) is 12.4 Å². The Balaban J connectivity index is 0.00000261. The van der Waals surface area contributed by atoms with Crippen molar-refractivity contribution in [2.75, 3.05) is 26.7 Å². The molecule has 1 aliphatic carbocycles. The molecular formula is C22H33ClN2O2. The molecule has 5 heteroatoms. The van der Waals surface area contributed by atoms with Crippen LogP contribution in [0.3, 0.4) is 0 Å². The van der Waals surface area contributed by atoms with Gasteiger partial charge in [-0.25, -0.2) is 0 Å². The Kier molecular flexibility index (Phi) is 8.78. The van der Waals surface area contributed by atoms with Crippen molar-refractivity contribution in [1.29, 1.82) is 0 Å². The predicted octanol–water partition coefficient (Wildman–Crippen LogP) is 3.80. The summed E-state index contributed by atoms with van der Waals surface area (Å²) in [7, 11) is 1.98. The number of aryl methyl sites for hydroxylation is 2. The minimum Gasteiger partial charge on any atom is -0.343 e. The van der Waals surface area contributed by atoms with Gasteiger partial charge in [0, 0.05) is 31.5 Å². The van der Waals surface area contributed by atoms with Gasteiger partial charge >= 0.3 is 0 Å². The summed E-state index contributed by atoms with van der Waals surface area (Å²) < 4.78 is 0. The van der Waals surface area contributed by atoms with Crippen molar-refractivity contribution in [3.05, 3.63) is 34.9 Å². The Morgan fingerprint density at radius 2 is 1.78 bits per heavy atom. The predicted molar refractivity (Wildman–Crippen MR) is 112 cm³/mol. The number of likely N-dealkylation sites (tertiary alicyclic amines) is 1. The molecule has 1 aromatic carbocycles. The maximum Gasteiger partial charge on any atom is 0.223 e. The molecule has 3 rings (SSSR count). The largest absolute Gasteiger partial charge is 0.343 e. The van der Waals surface area contributed by atoms with Gasteiger partial charge in [0.05, 0.1) is 0 Å². The number of carbonyl (C=O) groups is 2. The van der Waals surface area contributed by atoms with E-state index in [1.165, 1.54) is 30.4 Å². The highest BCUT2D eigenvalue weighted by Crippen LogP contribution is 2.24. The number of amides is 1. The second-order valence-electron chi connectivity index (χ2n) is 7.83. The van der Waals surface area contributed by atoms with Gasteiger partial charge in [-0.05, 0) is 81.6 Å². The number of fused-ring (bicyclic) bond motifs is 1. The molecule has 0 saturated carbocycles. The number of benzene rings is 1. The van der Waals surface area contributed by atoms with Gasteiger partial charge in [0.15, 0.2) is 5.78 Å². The summed E-state index contributed by atoms with van der Waals surface area (Å²) in [5.74, 6) is 0.975. The van der Waals surface area contributed by atoms with Crippen molar-refractivity contribution in [1.82, 2.24) is 10.2 Å². The fraction of sp³-hybridized carbons (Fsp3) is 0.636. The molecule has 1 aromatic rings. The molecule has 1 aliphatic heterocycles. The van der Waals surface area contributed by atoms with Crippen molar-refractivity contribution in [2.24, 2.45) is 5.92 Å². The molecule has 0 radical (unpaired) electrons. The SMILES string of the molecule is CNCCC1CCN(C(=O)CCC(=O)c2ccc3c(c2)CCCC3)CC1.Cl. The zero-order chi connectivity index (χ0) is 18.4. The zero-order valence-corrected chi connectivity index (χ0v) is 17.3. The number of carbonyl (C=O) groups excluding carboxylic acids is 2. The number of hydrogen-bond acceptors (Lipinski definition) is 3. The standard InChI is InChI=1S/C22H32N2O2.ClH/c1-23-13-10-17-11-14-24(15-12-17)22(26)9-8-21(25)20-7-6-18-4-2-3-5-19(18)16-20;/h6-7,16-17,23H,2-5,8-15H2,1H3;1H. The molecule has 150 valence electrons. The fourth-order valence-electron chi connectivity index (χ4n) is 4.25. The molecule has 4 nitrogen and oxygen atoms in total. The minimum atomic E-state index is 0. The first kappa shape index (κ1) is 21.9. The molecule has 0 aromatic heterocycles. The number of hydrogen-bond donors (Lipinski definition) is 1. The van der Waals surface area contributed by atoms with Gasteiger partial charge in [0.1, 0.15) is 0 Å². The van der Waals surface area contributed by atoms with E-state index >= 15 is 0 Å². The lowest BCUT2D eigenvalue weighted by atomic mass is 9.89. The number of piperidine rings is 1. The average molecular weight is 393 g/mol. The van der Waals surface area contributed by atoms with E-state index in [-0.39, 0.29) is 24.1 Å². The summed E-state index contributed by atoms with van der Waals surface area (Å²) in [4.78, 5) is 26.9. The Labute approximate surface area is 169 Å². The van der Waals surface area contributed by atoms with Crippen LogP contribution in [0.2, 0.25) is 0 Å². The zero-order valence-electron chi connectivity index (χ0n) is 16.5. The van der Waals surface area contributed by atoms with E-state index in [0.29, 0.717) is 12.8 Å². The Hall–Kier alpha value is -1.39. The first-order valence-corrected chi connectivity index (χ1v) is 10.2. The second kappa shape index (κ2) is 10.8. The lowest BCUT2D eigenvalue weighted by Gasteiger charge is -2.32. The minimum absolute atomic E-state index is 0. The van der Waals surface area contributed by atoms with Crippen LogP contribution in [-0.2, 0) is 17.6 Å². The van der Waals surface area contributed by atoms with Crippen molar-refractivity contribution >= 4 is 24.1 Å². The van der Waals surface area contributed by atoms with E-state index in [1.54, 1.807) is 0 Å². The topological polar surface area (TPSA) is 49.4 Å². The molecule has 1 N–H and O–H groups in total. The van der Waals surface area contributed by atoms with Gasteiger partial charge in [0.25, 0.3) is 0 Å². The van der Waals surface area contributed by atoms with Crippen molar-refractivity contribution < 1.29 is 9.59 Å². The highest BCUT2D eigenvalue weighted by molar-refractivity contribution is 5.98. The molecule has 0 atom stereocenters. The third kappa shape index (κ3) is 6.05. The van der Waals surface area contributed by atoms with E-state index in [1.807, 2.05) is 18.0 Å². The first-order valence-electron chi connectivity index (χ1n) is 10.2. The van der Waals surface area contributed by atoms with Crippen LogP contribution < -0.4 is 5.32 Å². The molecule has 27 heavy (non-hydrogen) atoms. The van der Waals surface area contributed by atoms with E-state index in [9.17, 15) is 9.59 Å². The number of rotatable bonds is 7. The summed E-state index contributed by atoms with van der Waals surface area (Å²) in [5.41, 5.74) is 3.51. The van der Waals surface area contributed by atoms with Gasteiger partial charge in [0.2, 0.25) is 5.91 Å². The first-order chi connectivity index (χ1) is 12.7. The Morgan fingerprint density at radius 3 is 2.48 bits per heavy atom. The van der Waals surface area contributed by atoms with Crippen LogP contribution in [0.15, 0.2) is 18.2 Å². The summed E-state index contributed by atoms with van der Waals surface area (Å²) in [6.45, 7) is 2.74. The molecule has 0 bridgehead atoms. The number of Topliss-reactive ketones (excluding diaryl/α,β-unsaturated/α-hetero) is 1. The van der Waals surface area contributed by atoms with Crippen molar-refractivity contribution in [2.45, 2.75) is 57.8 Å². The summed E-state index contributed by atoms with van der Waals surface area (Å²) in [6, 6.07) is 6.12. The third-order valence-electron chi connectivity index (χ3n) is 6.01. The van der Waals surface area contributed by atoms with E-state index in [2.05, 4.69) is 17.4 Å². The lowest BCUT2D eigenvalue weighted by Crippen LogP contribution is -2.39. The molecule has 1 fully saturated rings. The number of nitrogens with one attached hydrogen (secondary N) is 1. The maximum absolute atomic E-state index is 12.5. The van der Waals surface area contributed by atoms with Crippen LogP contribution in [0.4, 0.5) is 0 Å². The molecule has 1 saturated heterocycles. The van der Waals surface area contributed by atoms with E-state index in [0.717, 1.165) is 56.8 Å². The molecular weight excluding hydrogens is 360 g/mol. The molecule has 0 unspecified atom stereocenters. The summed E-state index contributed by atoms with van der Waals surface area (Å²) in [5, 5.41) is 3.20. The fourth-order valence-corrected chi connectivity index (χ4v) is 4.25. The van der Waals surface area contributed by atoms with Crippen LogP contribution >= 0.6 is 12.4 Å². The number of nitrogens with zero attached hydrogens (tertiary/aromatic N) is 1. The van der Waals surface area contributed by atoms with Crippen LogP contribution in [0.5, 0.6) is 0 Å². The Bertz CT molecular complexity index is 639. The maximum atomic E-state index is 12.5. The molecule has 1 amide bonds. The smallest absolute Gasteiger partial charge is 0.223 e. The molecule has 1 heterocycles. The number of halogens is 1. The van der Waals surface area contributed by atoms with Crippen LogP contribution in [-0.4, -0.2) is 43.3 Å². The van der Waals surface area contributed by atoms with Gasteiger partial charge < -0.3 is 10.2 Å². The van der Waals surface area contributed by atoms with Crippen molar-refractivity contribution in [3.63, 3.8) is 0 Å². The van der Waals surface area contributed by atoms with Crippen molar-refractivity contribution in [3.8, 4) is 0 Å². The second-order valence-corrected chi connectivity index (χ2v) is 7.83. The quantitative estimate of drug-likeness (QED) is 0.718. The average Bonchev–Trinajstić information content (AvgIpc) is 2.70. The van der Waals surface area contributed by atoms with Crippen LogP contribution in [0, 0.1) is 5.92 Å². The van der Waals surface area contributed by atoms with E-state index in [4.69, 9.17) is 0 Å².